The highest BCUT2D eigenvalue weighted by atomic mass is 16.6. The first-order valence-electron chi connectivity index (χ1n) is 16.0. The van der Waals surface area contributed by atoms with E-state index in [-0.39, 0.29) is 24.7 Å². The first kappa shape index (κ1) is 35.8. The topological polar surface area (TPSA) is 161 Å². The molecular weight excluding hydrogens is 594 g/mol. The van der Waals surface area contributed by atoms with Crippen molar-refractivity contribution in [2.45, 2.75) is 116 Å². The lowest BCUT2D eigenvalue weighted by atomic mass is 9.83. The Bertz CT molecular complexity index is 1340. The van der Waals surface area contributed by atoms with Crippen molar-refractivity contribution >= 4 is 18.0 Å². The predicted molar refractivity (Wildman–Crippen MR) is 169 cm³/mol. The van der Waals surface area contributed by atoms with Gasteiger partial charge in [-0.25, -0.2) is 9.78 Å². The second-order valence-corrected chi connectivity index (χ2v) is 13.3. The van der Waals surface area contributed by atoms with Gasteiger partial charge < -0.3 is 38.7 Å². The third-order valence-electron chi connectivity index (χ3n) is 9.34. The maximum Gasteiger partial charge on any atom is 0.338 e. The smallest absolute Gasteiger partial charge is 0.338 e. The summed E-state index contributed by atoms with van der Waals surface area (Å²) < 4.78 is 28.4. The summed E-state index contributed by atoms with van der Waals surface area (Å²) in [5, 5.41) is 33.3. The highest BCUT2D eigenvalue weighted by Crippen LogP contribution is 2.38. The Kier molecular flexibility index (Phi) is 11.8. The van der Waals surface area contributed by atoms with Crippen LogP contribution in [0.3, 0.4) is 0 Å². The Hall–Kier alpha value is -3.09. The van der Waals surface area contributed by atoms with Crippen molar-refractivity contribution in [2.75, 3.05) is 7.11 Å². The van der Waals surface area contributed by atoms with Gasteiger partial charge in [-0.2, -0.15) is 0 Å². The number of hydrogen-bond donors (Lipinski definition) is 3. The van der Waals surface area contributed by atoms with Gasteiger partial charge in [0.15, 0.2) is 12.0 Å². The molecule has 0 aromatic carbocycles. The molecule has 4 heterocycles. The van der Waals surface area contributed by atoms with Crippen molar-refractivity contribution in [3.63, 3.8) is 0 Å². The summed E-state index contributed by atoms with van der Waals surface area (Å²) >= 11 is 0. The van der Waals surface area contributed by atoms with Gasteiger partial charge in [-0.1, -0.05) is 44.2 Å². The highest BCUT2D eigenvalue weighted by Gasteiger charge is 2.50. The van der Waals surface area contributed by atoms with Crippen molar-refractivity contribution in [3.05, 3.63) is 59.4 Å². The van der Waals surface area contributed by atoms with E-state index >= 15 is 0 Å². The summed E-state index contributed by atoms with van der Waals surface area (Å²) in [6.07, 6.45) is 7.64. The number of hydrogen-bond acceptors (Lipinski definition) is 11. The van der Waals surface area contributed by atoms with Crippen LogP contribution in [-0.4, -0.2) is 87.7 Å². The molecule has 0 spiro atoms. The summed E-state index contributed by atoms with van der Waals surface area (Å²) in [7, 11) is 1.57. The molecule has 254 valence electrons. The van der Waals surface area contributed by atoms with Gasteiger partial charge in [-0.05, 0) is 56.8 Å². The zero-order valence-corrected chi connectivity index (χ0v) is 27.8. The monoisotopic (exact) mass is 643 g/mol. The van der Waals surface area contributed by atoms with Crippen LogP contribution >= 0.6 is 0 Å². The fourth-order valence-corrected chi connectivity index (χ4v) is 6.30. The van der Waals surface area contributed by atoms with E-state index < -0.39 is 66.1 Å². The molecule has 4 rings (SSSR count). The summed E-state index contributed by atoms with van der Waals surface area (Å²) in [6.45, 7) is 10.7. The fraction of sp³-hybridized carbons (Fsp3) is 0.629. The molecule has 0 aliphatic carbocycles. The van der Waals surface area contributed by atoms with Gasteiger partial charge in [0.05, 0.1) is 24.4 Å². The fourth-order valence-electron chi connectivity index (χ4n) is 6.30. The average molecular weight is 644 g/mol. The number of fused-ring (bicyclic) bond motifs is 3. The zero-order valence-electron chi connectivity index (χ0n) is 27.8. The van der Waals surface area contributed by atoms with Crippen LogP contribution in [0.25, 0.3) is 6.08 Å². The first-order chi connectivity index (χ1) is 21.7. The van der Waals surface area contributed by atoms with E-state index in [0.29, 0.717) is 18.7 Å². The molecule has 3 aliphatic heterocycles. The lowest BCUT2D eigenvalue weighted by Crippen LogP contribution is -2.45. The molecular formula is C35H49NO10. The summed E-state index contributed by atoms with van der Waals surface area (Å²) in [6, 6.07) is 0. The van der Waals surface area contributed by atoms with E-state index in [0.717, 1.165) is 16.8 Å². The molecule has 0 amide bonds. The van der Waals surface area contributed by atoms with E-state index in [1.54, 1.807) is 27.2 Å². The minimum Gasteiger partial charge on any atom is -0.462 e. The second kappa shape index (κ2) is 15.2. The molecule has 0 radical (unpaired) electrons. The van der Waals surface area contributed by atoms with Crippen molar-refractivity contribution < 1.29 is 48.3 Å². The van der Waals surface area contributed by atoms with E-state index in [4.69, 9.17) is 23.4 Å². The summed E-state index contributed by atoms with van der Waals surface area (Å²) in [5.74, 6) is -1.28. The summed E-state index contributed by atoms with van der Waals surface area (Å²) in [5.41, 5.74) is 0.779. The van der Waals surface area contributed by atoms with Gasteiger partial charge in [0.1, 0.15) is 29.8 Å². The van der Waals surface area contributed by atoms with Gasteiger partial charge in [0, 0.05) is 38.7 Å². The number of esters is 2. The van der Waals surface area contributed by atoms with Crippen LogP contribution in [-0.2, 0) is 28.5 Å². The Morgan fingerprint density at radius 2 is 1.87 bits per heavy atom. The Morgan fingerprint density at radius 3 is 2.54 bits per heavy atom. The third-order valence-corrected chi connectivity index (χ3v) is 9.34. The van der Waals surface area contributed by atoms with E-state index in [2.05, 4.69) is 4.98 Å². The van der Waals surface area contributed by atoms with E-state index in [1.165, 1.54) is 19.1 Å². The number of aryl methyl sites for hydroxylation is 1. The highest BCUT2D eigenvalue weighted by molar-refractivity contribution is 5.78. The Morgan fingerprint density at radius 1 is 1.15 bits per heavy atom. The molecule has 1 aromatic heterocycles. The molecule has 46 heavy (non-hydrogen) atoms. The lowest BCUT2D eigenvalue weighted by molar-refractivity contribution is -0.162. The van der Waals surface area contributed by atoms with Crippen molar-refractivity contribution in [1.29, 1.82) is 0 Å². The van der Waals surface area contributed by atoms with E-state index in [1.807, 2.05) is 45.1 Å². The number of nitrogens with zero attached hydrogens (tertiary/aromatic N) is 1. The van der Waals surface area contributed by atoms with Gasteiger partial charge in [0.2, 0.25) is 0 Å². The van der Waals surface area contributed by atoms with E-state index in [9.17, 15) is 24.9 Å². The largest absolute Gasteiger partial charge is 0.462 e. The molecule has 11 atom stereocenters. The second-order valence-electron chi connectivity index (χ2n) is 13.3. The third kappa shape index (κ3) is 9.25. The average Bonchev–Trinajstić information content (AvgIpc) is 3.64. The SMILES string of the molecule is CO[C@@H](/C(C)=C/C=C/C(C)=C/c1coc(C)n1)[C@@H](C)[C@@H]1C[C@H](O)[C@@](C)(O)/C=C/[C@H](O)[C@@H](C)[C@H]2C[C@H](CC(=O)O2)C[C@@H]2O[C@H]2C(=O)O1. The number of oxazole rings is 1. The van der Waals surface area contributed by atoms with Gasteiger partial charge in [0.25, 0.3) is 0 Å². The number of ether oxygens (including phenoxy) is 4. The van der Waals surface area contributed by atoms with Gasteiger partial charge in [-0.15, -0.1) is 0 Å². The molecule has 2 saturated heterocycles. The Labute approximate surface area is 271 Å². The number of methoxy groups -OCH3 is 1. The van der Waals surface area contributed by atoms with Crippen LogP contribution in [0.4, 0.5) is 0 Å². The number of aliphatic hydroxyl groups excluding tert-OH is 2. The molecule has 11 heteroatoms. The first-order valence-corrected chi connectivity index (χ1v) is 16.0. The van der Waals surface area contributed by atoms with Crippen LogP contribution in [0.2, 0.25) is 0 Å². The molecule has 3 N–H and O–H groups in total. The maximum absolute atomic E-state index is 13.3. The van der Waals surface area contributed by atoms with Crippen LogP contribution in [0.15, 0.2) is 52.2 Å². The molecule has 0 saturated carbocycles. The minimum absolute atomic E-state index is 0.0718. The predicted octanol–water partition coefficient (Wildman–Crippen LogP) is 4.00. The molecule has 11 nitrogen and oxygen atoms in total. The van der Waals surface area contributed by atoms with Gasteiger partial charge >= 0.3 is 11.9 Å². The minimum atomic E-state index is -1.77. The van der Waals surface area contributed by atoms with Crippen LogP contribution in [0.5, 0.6) is 0 Å². The number of aliphatic hydroxyl groups is 3. The normalized spacial score (nSPS) is 36.8. The van der Waals surface area contributed by atoms with Crippen molar-refractivity contribution in [1.82, 2.24) is 4.98 Å². The molecule has 3 aliphatic rings. The van der Waals surface area contributed by atoms with Crippen molar-refractivity contribution in [2.24, 2.45) is 17.8 Å². The number of rotatable bonds is 7. The van der Waals surface area contributed by atoms with Gasteiger partial charge in [-0.3, -0.25) is 4.79 Å². The number of carbonyl (C=O) groups is 2. The molecule has 2 bridgehead atoms. The maximum atomic E-state index is 13.3. The van der Waals surface area contributed by atoms with Crippen LogP contribution in [0, 0.1) is 24.7 Å². The number of allylic oxidation sites excluding steroid dienone is 4. The van der Waals surface area contributed by atoms with Crippen molar-refractivity contribution in [3.8, 4) is 0 Å². The number of carbonyl (C=O) groups excluding carboxylic acids is 2. The lowest BCUT2D eigenvalue weighted by Gasteiger charge is -2.35. The number of aromatic nitrogens is 1. The van der Waals surface area contributed by atoms with Crippen LogP contribution < -0.4 is 0 Å². The van der Waals surface area contributed by atoms with Crippen LogP contribution in [0.1, 0.15) is 71.9 Å². The quantitative estimate of drug-likeness (QED) is 0.170. The summed E-state index contributed by atoms with van der Waals surface area (Å²) in [4.78, 5) is 30.0. The molecule has 1 aromatic rings. The molecule has 2 fully saturated rings. The standard InChI is InChI=1S/C35H49NO10/c1-19(13-25-18-43-23(5)36-25)9-8-10-20(2)32(42-7)22(4)28-17-30(38)35(6,41)12-11-26(37)21(3)27-14-24(16-31(39)44-27)15-29-33(45-29)34(40)46-28/h8-13,18,21-22,24,26-30,32-33,37-38,41H,14-17H2,1-7H3/b9-8+,12-11+,19-13+,20-10+/t21-,22+,24+,26+,27-,28+,29+,30+,32+,33-,35+/m1/s1. The molecule has 0 unspecified atom stereocenters. The number of cyclic esters (lactones) is 1. The number of epoxide rings is 1. The zero-order chi connectivity index (χ0) is 33.8. The Balaban J connectivity index is 1.55.